The first-order valence-electron chi connectivity index (χ1n) is 11.5. The largest absolute Gasteiger partial charge is 0.435 e. The van der Waals surface area contributed by atoms with Crippen LogP contribution in [-0.2, 0) is 14.3 Å². The van der Waals surface area contributed by atoms with Gasteiger partial charge in [-0.25, -0.2) is 10.2 Å². The third-order valence-corrected chi connectivity index (χ3v) is 7.47. The molecule has 1 spiro atoms. The molecular formula is C24H25BrN6O4. The summed E-state index contributed by atoms with van der Waals surface area (Å²) in [4.78, 5) is 36.3. The van der Waals surface area contributed by atoms with Gasteiger partial charge < -0.3 is 15.4 Å². The zero-order chi connectivity index (χ0) is 25.2. The average molecular weight is 541 g/mol. The van der Waals surface area contributed by atoms with Gasteiger partial charge in [0.25, 0.3) is 0 Å². The minimum absolute atomic E-state index is 0.0842. The summed E-state index contributed by atoms with van der Waals surface area (Å²) in [6, 6.07) is 9.30. The van der Waals surface area contributed by atoms with Gasteiger partial charge in [0.15, 0.2) is 5.60 Å². The van der Waals surface area contributed by atoms with Crippen molar-refractivity contribution in [3.8, 4) is 12.1 Å². The predicted molar refractivity (Wildman–Crippen MR) is 128 cm³/mol. The third-order valence-electron chi connectivity index (χ3n) is 6.77. The fourth-order valence-corrected chi connectivity index (χ4v) is 5.21. The smallest absolute Gasteiger partial charge is 0.428 e. The van der Waals surface area contributed by atoms with E-state index < -0.39 is 35.0 Å². The summed E-state index contributed by atoms with van der Waals surface area (Å²) in [6.07, 6.45) is 2.95. The molecule has 1 atom stereocenters. The Hall–Kier alpha value is -3.44. The third kappa shape index (κ3) is 5.30. The van der Waals surface area contributed by atoms with Crippen LogP contribution in [0.4, 0.5) is 4.79 Å². The zero-order valence-corrected chi connectivity index (χ0v) is 20.8. The number of amides is 3. The van der Waals surface area contributed by atoms with E-state index in [4.69, 9.17) is 4.74 Å². The van der Waals surface area contributed by atoms with Crippen LogP contribution < -0.4 is 16.1 Å². The van der Waals surface area contributed by atoms with E-state index in [1.165, 1.54) is 0 Å². The number of hydrogen-bond acceptors (Lipinski definition) is 7. The summed E-state index contributed by atoms with van der Waals surface area (Å²) < 4.78 is 6.48. The predicted octanol–water partition coefficient (Wildman–Crippen LogP) is 2.76. The van der Waals surface area contributed by atoms with E-state index in [9.17, 15) is 24.9 Å². The van der Waals surface area contributed by atoms with Crippen molar-refractivity contribution in [1.82, 2.24) is 16.1 Å². The van der Waals surface area contributed by atoms with Crippen LogP contribution in [0.1, 0.15) is 63.0 Å². The van der Waals surface area contributed by atoms with E-state index in [0.29, 0.717) is 53.4 Å². The fraction of sp³-hybridized carbons (Fsp3) is 0.500. The molecule has 0 bridgehead atoms. The number of hydrazone groups is 1. The highest BCUT2D eigenvalue weighted by Gasteiger charge is 2.51. The molecule has 3 amide bonds. The number of hydrogen-bond donors (Lipinski definition) is 3. The second-order valence-corrected chi connectivity index (χ2v) is 10.3. The van der Waals surface area contributed by atoms with Crippen molar-refractivity contribution < 1.29 is 19.1 Å². The highest BCUT2D eigenvalue weighted by Crippen LogP contribution is 2.47. The minimum Gasteiger partial charge on any atom is -0.435 e. The van der Waals surface area contributed by atoms with E-state index in [-0.39, 0.29) is 6.04 Å². The normalized spacial score (nSPS) is 26.3. The van der Waals surface area contributed by atoms with E-state index in [2.05, 4.69) is 49.2 Å². The number of ether oxygens (including phenoxy) is 1. The molecule has 0 unspecified atom stereocenters. The Morgan fingerprint density at radius 1 is 1.26 bits per heavy atom. The quantitative estimate of drug-likeness (QED) is 0.487. The summed E-state index contributed by atoms with van der Waals surface area (Å²) in [5.74, 6) is -1.35. The number of carbonyl (C=O) groups is 3. The highest BCUT2D eigenvalue weighted by atomic mass is 79.9. The van der Waals surface area contributed by atoms with Gasteiger partial charge in [0, 0.05) is 22.1 Å². The molecule has 2 saturated carbocycles. The summed E-state index contributed by atoms with van der Waals surface area (Å²) >= 11 is 3.50. The van der Waals surface area contributed by atoms with E-state index >= 15 is 0 Å². The molecule has 1 aliphatic heterocycles. The fourth-order valence-electron chi connectivity index (χ4n) is 4.77. The Morgan fingerprint density at radius 3 is 2.60 bits per heavy atom. The molecule has 35 heavy (non-hydrogen) atoms. The van der Waals surface area contributed by atoms with Crippen LogP contribution in [0, 0.1) is 28.1 Å². The lowest BCUT2D eigenvalue weighted by atomic mass is 9.65. The van der Waals surface area contributed by atoms with Crippen LogP contribution in [0.3, 0.4) is 0 Å². The van der Waals surface area contributed by atoms with Crippen LogP contribution in [0.2, 0.25) is 0 Å². The molecule has 2 aliphatic carbocycles. The maximum Gasteiger partial charge on any atom is 0.428 e. The first kappa shape index (κ1) is 24.7. The van der Waals surface area contributed by atoms with Crippen molar-refractivity contribution in [2.75, 3.05) is 0 Å². The van der Waals surface area contributed by atoms with Crippen molar-refractivity contribution >= 4 is 39.5 Å². The second kappa shape index (κ2) is 9.67. The number of carbonyl (C=O) groups excluding carboxylic acids is 3. The number of nitriles is 2. The lowest BCUT2D eigenvalue weighted by Crippen LogP contribution is -2.54. The molecule has 4 rings (SSSR count). The Bertz CT molecular complexity index is 1170. The molecule has 11 heteroatoms. The molecule has 1 heterocycles. The van der Waals surface area contributed by atoms with Gasteiger partial charge in [-0.05, 0) is 70.1 Å². The van der Waals surface area contributed by atoms with Crippen LogP contribution in [0.5, 0.6) is 0 Å². The monoisotopic (exact) mass is 540 g/mol. The number of rotatable bonds is 5. The van der Waals surface area contributed by atoms with E-state index in [0.717, 1.165) is 12.8 Å². The van der Waals surface area contributed by atoms with E-state index in [1.807, 2.05) is 0 Å². The lowest BCUT2D eigenvalue weighted by Gasteiger charge is -2.45. The van der Waals surface area contributed by atoms with Gasteiger partial charge in [0.1, 0.15) is 5.71 Å². The molecule has 10 nitrogen and oxygen atoms in total. The van der Waals surface area contributed by atoms with Crippen molar-refractivity contribution in [3.63, 3.8) is 0 Å². The number of benzene rings is 1. The molecule has 0 saturated heterocycles. The molecule has 3 aliphatic rings. The Labute approximate surface area is 211 Å². The zero-order valence-electron chi connectivity index (χ0n) is 19.2. The van der Waals surface area contributed by atoms with Crippen LogP contribution in [0.25, 0.3) is 0 Å². The highest BCUT2D eigenvalue weighted by molar-refractivity contribution is 9.10. The SMILES string of the molecule is C[C@@H](CC1(C#N)CCC2(CC1)OC(=O)NN=C2c1cc(C#N)ccc1Br)NC(=O)C(=O)NC1CC1. The summed E-state index contributed by atoms with van der Waals surface area (Å²) in [6.45, 7) is 1.77. The molecule has 1 aromatic rings. The molecule has 2 fully saturated rings. The number of halogens is 1. The minimum atomic E-state index is -1.05. The molecular weight excluding hydrogens is 516 g/mol. The van der Waals surface area contributed by atoms with Gasteiger partial charge >= 0.3 is 17.9 Å². The van der Waals surface area contributed by atoms with Crippen molar-refractivity contribution in [2.45, 2.75) is 69.6 Å². The Morgan fingerprint density at radius 2 is 1.97 bits per heavy atom. The summed E-state index contributed by atoms with van der Waals surface area (Å²) in [5.41, 5.74) is 2.11. The molecule has 1 aromatic carbocycles. The number of nitrogens with one attached hydrogen (secondary N) is 3. The van der Waals surface area contributed by atoms with Crippen LogP contribution in [-0.4, -0.2) is 41.3 Å². The molecule has 0 aromatic heterocycles. The van der Waals surface area contributed by atoms with Crippen LogP contribution >= 0.6 is 15.9 Å². The molecule has 3 N–H and O–H groups in total. The summed E-state index contributed by atoms with van der Waals surface area (Å²) in [5, 5.41) is 29.0. The van der Waals surface area contributed by atoms with Gasteiger partial charge in [-0.15, -0.1) is 0 Å². The summed E-state index contributed by atoms with van der Waals surface area (Å²) in [7, 11) is 0. The molecule has 182 valence electrons. The first-order valence-corrected chi connectivity index (χ1v) is 12.3. The van der Waals surface area contributed by atoms with E-state index in [1.54, 1.807) is 25.1 Å². The van der Waals surface area contributed by atoms with Gasteiger partial charge in [0.05, 0.1) is 23.1 Å². The standard InChI is InChI=1S/C24H25BrN6O4/c1-14(28-20(32)21(33)29-16-3-4-16)11-23(13-27)6-8-24(9-7-23)19(30-31-22(34)35-24)17-10-15(12-26)2-5-18(17)25/h2,5,10,14,16H,3-4,6-9,11H2,1H3,(H,28,32)(H,29,33)(H,31,34)/t14-,23?,24?/m0/s1. The topological polar surface area (TPSA) is 156 Å². The number of nitrogens with zero attached hydrogens (tertiary/aromatic N) is 3. The van der Waals surface area contributed by atoms with Gasteiger partial charge in [-0.2, -0.15) is 15.6 Å². The van der Waals surface area contributed by atoms with Gasteiger partial charge in [0.2, 0.25) is 0 Å². The second-order valence-electron chi connectivity index (χ2n) is 9.48. The Kier molecular flexibility index (Phi) is 6.82. The molecule has 0 radical (unpaired) electrons. The Balaban J connectivity index is 1.48. The first-order chi connectivity index (χ1) is 16.7. The van der Waals surface area contributed by atoms with Crippen molar-refractivity contribution in [2.24, 2.45) is 10.5 Å². The van der Waals surface area contributed by atoms with Crippen LogP contribution in [0.15, 0.2) is 27.8 Å². The van der Waals surface area contributed by atoms with Crippen molar-refractivity contribution in [1.29, 1.82) is 10.5 Å². The average Bonchev–Trinajstić information content (AvgIpc) is 3.65. The van der Waals surface area contributed by atoms with Gasteiger partial charge in [-0.1, -0.05) is 15.9 Å². The lowest BCUT2D eigenvalue weighted by molar-refractivity contribution is -0.139. The van der Waals surface area contributed by atoms with Gasteiger partial charge in [-0.3, -0.25) is 9.59 Å². The maximum absolute atomic E-state index is 12.2. The maximum atomic E-state index is 12.2. The van der Waals surface area contributed by atoms with Crippen molar-refractivity contribution in [3.05, 3.63) is 33.8 Å².